The quantitative estimate of drug-likeness (QED) is 0.297. The lowest BCUT2D eigenvalue weighted by molar-refractivity contribution is -0.128. The number of carbonyl (C=O) groups excluding carboxylic acids is 1. The zero-order valence-electron chi connectivity index (χ0n) is 16.3. The second-order valence-corrected chi connectivity index (χ2v) is 7.08. The van der Waals surface area contributed by atoms with Gasteiger partial charge < -0.3 is 15.5 Å². The second kappa shape index (κ2) is 11.3. The third-order valence-electron chi connectivity index (χ3n) is 3.58. The van der Waals surface area contributed by atoms with Gasteiger partial charge in [-0.15, -0.1) is 24.0 Å². The molecule has 1 amide bonds. The van der Waals surface area contributed by atoms with Crippen molar-refractivity contribution in [3.8, 4) is 0 Å². The fourth-order valence-electron chi connectivity index (χ4n) is 2.11. The molecule has 0 aliphatic carbocycles. The number of guanidine groups is 1. The molecule has 0 fully saturated rings. The van der Waals surface area contributed by atoms with E-state index in [9.17, 15) is 4.79 Å². The molecule has 0 bridgehead atoms. The van der Waals surface area contributed by atoms with Gasteiger partial charge in [0.2, 0.25) is 5.91 Å². The van der Waals surface area contributed by atoms with Crippen LogP contribution in [0.2, 0.25) is 0 Å². The smallest absolute Gasteiger partial charge is 0.225 e. The summed E-state index contributed by atoms with van der Waals surface area (Å²) in [6, 6.07) is 8.52. The maximum absolute atomic E-state index is 11.9. The molecule has 0 heterocycles. The molecule has 1 aromatic carbocycles. The van der Waals surface area contributed by atoms with Gasteiger partial charge in [0.05, 0.1) is 6.54 Å². The monoisotopic (exact) mass is 460 g/mol. The van der Waals surface area contributed by atoms with E-state index in [0.717, 1.165) is 19.0 Å². The van der Waals surface area contributed by atoms with Crippen LogP contribution in [0.5, 0.6) is 0 Å². The van der Waals surface area contributed by atoms with Gasteiger partial charge in [0.25, 0.3) is 0 Å². The van der Waals surface area contributed by atoms with E-state index in [1.54, 1.807) is 0 Å². The van der Waals surface area contributed by atoms with Crippen LogP contribution < -0.4 is 10.6 Å². The Morgan fingerprint density at radius 3 is 2.28 bits per heavy atom. The summed E-state index contributed by atoms with van der Waals surface area (Å²) in [6.07, 6.45) is 0. The average molecular weight is 460 g/mol. The fourth-order valence-corrected chi connectivity index (χ4v) is 2.11. The molecule has 25 heavy (non-hydrogen) atoms. The second-order valence-electron chi connectivity index (χ2n) is 7.08. The first-order chi connectivity index (χ1) is 11.2. The first-order valence-electron chi connectivity index (χ1n) is 8.57. The molecule has 142 valence electrons. The van der Waals surface area contributed by atoms with Gasteiger partial charge in [0, 0.05) is 32.1 Å². The van der Waals surface area contributed by atoms with Gasteiger partial charge in [-0.2, -0.15) is 0 Å². The largest absolute Gasteiger partial charge is 0.357 e. The first kappa shape index (κ1) is 23.7. The van der Waals surface area contributed by atoms with Crippen molar-refractivity contribution in [3.05, 3.63) is 35.4 Å². The Hall–Kier alpha value is -1.31. The molecule has 1 rings (SSSR count). The van der Waals surface area contributed by atoms with Crippen molar-refractivity contribution in [2.75, 3.05) is 26.7 Å². The van der Waals surface area contributed by atoms with E-state index >= 15 is 0 Å². The molecule has 1 aromatic rings. The maximum atomic E-state index is 11.9. The molecule has 0 atom stereocenters. The molecule has 0 radical (unpaired) electrons. The highest BCUT2D eigenvalue weighted by atomic mass is 127. The number of amides is 1. The first-order valence-corrected chi connectivity index (χ1v) is 8.57. The van der Waals surface area contributed by atoms with Crippen LogP contribution in [-0.4, -0.2) is 43.4 Å². The highest BCUT2D eigenvalue weighted by Gasteiger charge is 2.20. The zero-order valence-corrected chi connectivity index (χ0v) is 18.7. The topological polar surface area (TPSA) is 56.7 Å². The Labute approximate surface area is 169 Å². The summed E-state index contributed by atoms with van der Waals surface area (Å²) in [5.74, 6) is 0.902. The Bertz CT molecular complexity index is 550. The number of aliphatic imine (C=N–C) groups is 1. The van der Waals surface area contributed by atoms with Crippen molar-refractivity contribution in [2.45, 2.75) is 41.2 Å². The van der Waals surface area contributed by atoms with Crippen molar-refractivity contribution in [1.29, 1.82) is 0 Å². The van der Waals surface area contributed by atoms with E-state index in [1.165, 1.54) is 11.1 Å². The van der Waals surface area contributed by atoms with Gasteiger partial charge in [-0.25, -0.2) is 0 Å². The molecular formula is C19H33IN4O. The third kappa shape index (κ3) is 9.09. The average Bonchev–Trinajstić information content (AvgIpc) is 2.51. The van der Waals surface area contributed by atoms with Gasteiger partial charge in [0.1, 0.15) is 0 Å². The van der Waals surface area contributed by atoms with E-state index in [1.807, 2.05) is 27.8 Å². The van der Waals surface area contributed by atoms with Crippen molar-refractivity contribution in [3.63, 3.8) is 0 Å². The lowest BCUT2D eigenvalue weighted by atomic mass is 9.96. The number of hydrogen-bond acceptors (Lipinski definition) is 2. The summed E-state index contributed by atoms with van der Waals surface area (Å²) in [4.78, 5) is 18.5. The fraction of sp³-hybridized carbons (Fsp3) is 0.579. The van der Waals surface area contributed by atoms with Crippen molar-refractivity contribution in [2.24, 2.45) is 10.4 Å². The number of nitrogens with zero attached hydrogens (tertiary/aromatic N) is 2. The number of carbonyl (C=O) groups is 1. The normalized spacial score (nSPS) is 11.5. The molecule has 0 saturated heterocycles. The van der Waals surface area contributed by atoms with Crippen LogP contribution >= 0.6 is 24.0 Å². The van der Waals surface area contributed by atoms with Gasteiger partial charge in [-0.05, 0) is 19.4 Å². The number of halogens is 1. The number of aryl methyl sites for hydroxylation is 1. The molecule has 6 heteroatoms. The Balaban J connectivity index is 0.00000576. The molecule has 0 unspecified atom stereocenters. The summed E-state index contributed by atoms with van der Waals surface area (Å²) in [6.45, 7) is 12.6. The maximum Gasteiger partial charge on any atom is 0.225 e. The minimum Gasteiger partial charge on any atom is -0.357 e. The number of benzene rings is 1. The van der Waals surface area contributed by atoms with E-state index in [4.69, 9.17) is 0 Å². The van der Waals surface area contributed by atoms with Crippen LogP contribution in [0.3, 0.4) is 0 Å². The minimum atomic E-state index is -0.365. The summed E-state index contributed by atoms with van der Waals surface area (Å²) < 4.78 is 0. The van der Waals surface area contributed by atoms with Crippen LogP contribution in [0.25, 0.3) is 0 Å². The lowest BCUT2D eigenvalue weighted by Crippen LogP contribution is -2.40. The van der Waals surface area contributed by atoms with E-state index < -0.39 is 0 Å². The molecular weight excluding hydrogens is 427 g/mol. The highest BCUT2D eigenvalue weighted by Crippen LogP contribution is 2.12. The van der Waals surface area contributed by atoms with Crippen LogP contribution in [0.4, 0.5) is 0 Å². The predicted octanol–water partition coefficient (Wildman–Crippen LogP) is 3.17. The van der Waals surface area contributed by atoms with Gasteiger partial charge in [0.15, 0.2) is 5.96 Å². The van der Waals surface area contributed by atoms with Crippen LogP contribution in [0.1, 0.15) is 38.8 Å². The van der Waals surface area contributed by atoms with Crippen LogP contribution in [0.15, 0.2) is 29.3 Å². The van der Waals surface area contributed by atoms with E-state index in [0.29, 0.717) is 13.1 Å². The SMILES string of the molecule is CCNC(=NCCNC(=O)C(C)(C)C)N(C)Cc1ccc(C)cc1.I. The van der Waals surface area contributed by atoms with Gasteiger partial charge in [-0.1, -0.05) is 50.6 Å². The summed E-state index contributed by atoms with van der Waals surface area (Å²) in [7, 11) is 2.02. The Kier molecular flexibility index (Phi) is 10.7. The zero-order chi connectivity index (χ0) is 18.2. The van der Waals surface area contributed by atoms with Crippen LogP contribution in [0, 0.1) is 12.3 Å². The van der Waals surface area contributed by atoms with Crippen molar-refractivity contribution >= 4 is 35.8 Å². The van der Waals surface area contributed by atoms with E-state index in [2.05, 4.69) is 58.6 Å². The van der Waals surface area contributed by atoms with Crippen LogP contribution in [-0.2, 0) is 11.3 Å². The molecule has 0 saturated carbocycles. The third-order valence-corrected chi connectivity index (χ3v) is 3.58. The standard InChI is InChI=1S/C19H32N4O.HI/c1-7-20-18(22-13-12-21-17(24)19(3,4)5)23(6)14-16-10-8-15(2)9-11-16;/h8-11H,7,12-14H2,1-6H3,(H,20,22)(H,21,24);1H. The number of nitrogens with one attached hydrogen (secondary N) is 2. The number of hydrogen-bond donors (Lipinski definition) is 2. The molecule has 0 aliphatic rings. The molecule has 5 nitrogen and oxygen atoms in total. The Morgan fingerprint density at radius 2 is 1.76 bits per heavy atom. The summed E-state index contributed by atoms with van der Waals surface area (Å²) >= 11 is 0. The van der Waals surface area contributed by atoms with Gasteiger partial charge >= 0.3 is 0 Å². The molecule has 0 aliphatic heterocycles. The minimum absolute atomic E-state index is 0. The Morgan fingerprint density at radius 1 is 1.16 bits per heavy atom. The van der Waals surface area contributed by atoms with Gasteiger partial charge in [-0.3, -0.25) is 9.79 Å². The summed E-state index contributed by atoms with van der Waals surface area (Å²) in [5, 5.41) is 6.22. The highest BCUT2D eigenvalue weighted by molar-refractivity contribution is 14.0. The number of rotatable bonds is 6. The summed E-state index contributed by atoms with van der Waals surface area (Å²) in [5.41, 5.74) is 2.14. The van der Waals surface area contributed by atoms with Crippen molar-refractivity contribution < 1.29 is 4.79 Å². The van der Waals surface area contributed by atoms with Crippen molar-refractivity contribution in [1.82, 2.24) is 15.5 Å². The molecule has 2 N–H and O–H groups in total. The lowest BCUT2D eigenvalue weighted by Gasteiger charge is -2.22. The predicted molar refractivity (Wildman–Crippen MR) is 117 cm³/mol. The molecule has 0 spiro atoms. The van der Waals surface area contributed by atoms with E-state index in [-0.39, 0.29) is 35.3 Å². The molecule has 0 aromatic heterocycles.